The van der Waals surface area contributed by atoms with E-state index in [9.17, 15) is 18.3 Å². The Hall–Kier alpha value is -1.80. The van der Waals surface area contributed by atoms with Gasteiger partial charge >= 0.3 is 6.09 Å². The number of nitrogens with one attached hydrogen (secondary N) is 1. The fourth-order valence-electron chi connectivity index (χ4n) is 2.48. The van der Waals surface area contributed by atoms with Crippen LogP contribution in [-0.2, 0) is 16.4 Å². The monoisotopic (exact) mass is 356 g/mol. The van der Waals surface area contributed by atoms with Crippen molar-refractivity contribution in [2.45, 2.75) is 50.3 Å². The summed E-state index contributed by atoms with van der Waals surface area (Å²) < 4.78 is 29.7. The summed E-state index contributed by atoms with van der Waals surface area (Å²) in [4.78, 5) is 13.6. The van der Waals surface area contributed by atoms with Crippen molar-refractivity contribution in [1.82, 2.24) is 9.84 Å². The molecule has 2 N–H and O–H groups in total. The zero-order chi connectivity index (χ0) is 18.2. The lowest BCUT2D eigenvalue weighted by atomic mass is 10.1. The predicted octanol–water partition coefficient (Wildman–Crippen LogP) is 2.38. The number of benzene rings is 1. The van der Waals surface area contributed by atoms with Crippen LogP contribution in [0, 0.1) is 0 Å². The third-order valence-electron chi connectivity index (χ3n) is 4.14. The van der Waals surface area contributed by atoms with Gasteiger partial charge in [0.25, 0.3) is 0 Å². The number of ether oxygens (including phenoxy) is 1. The number of rotatable bonds is 6. The molecule has 0 radical (unpaired) electrons. The summed E-state index contributed by atoms with van der Waals surface area (Å²) in [5.41, 5.74) is -0.00828. The molecule has 0 unspecified atom stereocenters. The number of hydrogen-bond acceptors (Lipinski definition) is 4. The van der Waals surface area contributed by atoms with Crippen LogP contribution in [-0.4, -0.2) is 42.0 Å². The Bertz CT molecular complexity index is 703. The van der Waals surface area contributed by atoms with E-state index in [4.69, 9.17) is 4.74 Å². The Labute approximate surface area is 142 Å². The zero-order valence-corrected chi connectivity index (χ0v) is 15.2. The van der Waals surface area contributed by atoms with Gasteiger partial charge in [-0.25, -0.2) is 18.2 Å². The summed E-state index contributed by atoms with van der Waals surface area (Å²) in [6, 6.07) is 7.22. The Kier molecular flexibility index (Phi) is 4.83. The highest BCUT2D eigenvalue weighted by Gasteiger charge is 2.55. The molecule has 0 spiro atoms. The highest BCUT2D eigenvalue weighted by molar-refractivity contribution is 7.91. The molecule has 0 saturated heterocycles. The van der Waals surface area contributed by atoms with Crippen LogP contribution in [0.2, 0.25) is 0 Å². The van der Waals surface area contributed by atoms with E-state index in [1.54, 1.807) is 40.0 Å². The van der Waals surface area contributed by atoms with Gasteiger partial charge in [-0.1, -0.05) is 12.1 Å². The maximum atomic E-state index is 12.8. The highest BCUT2D eigenvalue weighted by Crippen LogP contribution is 2.46. The maximum absolute atomic E-state index is 12.8. The molecule has 2 rings (SSSR count). The van der Waals surface area contributed by atoms with Crippen LogP contribution in [0.1, 0.15) is 39.2 Å². The highest BCUT2D eigenvalue weighted by atomic mass is 32.2. The average Bonchev–Trinajstić information content (AvgIpc) is 3.25. The molecule has 1 amide bonds. The van der Waals surface area contributed by atoms with Gasteiger partial charge in [-0.05, 0) is 57.7 Å². The van der Waals surface area contributed by atoms with E-state index in [2.05, 4.69) is 4.83 Å². The Morgan fingerprint density at radius 2 is 1.83 bits per heavy atom. The zero-order valence-electron chi connectivity index (χ0n) is 14.4. The van der Waals surface area contributed by atoms with E-state index in [-0.39, 0.29) is 0 Å². The number of nitrogens with zero attached hydrogens (tertiary/aromatic N) is 1. The first-order valence-corrected chi connectivity index (χ1v) is 9.17. The van der Waals surface area contributed by atoms with E-state index >= 15 is 0 Å². The lowest BCUT2D eigenvalue weighted by molar-refractivity contribution is 0.0853. The smallest absolute Gasteiger partial charge is 0.423 e. The molecule has 1 saturated carbocycles. The minimum Gasteiger partial charge on any atom is -0.497 e. The molecule has 1 aliphatic rings. The molecule has 0 aliphatic heterocycles. The molecule has 0 heterocycles. The van der Waals surface area contributed by atoms with E-state index in [0.29, 0.717) is 25.0 Å². The van der Waals surface area contributed by atoms with Gasteiger partial charge in [-0.15, -0.1) is 4.83 Å². The largest absolute Gasteiger partial charge is 0.497 e. The van der Waals surface area contributed by atoms with Crippen LogP contribution >= 0.6 is 0 Å². The van der Waals surface area contributed by atoms with Gasteiger partial charge in [0.05, 0.1) is 17.4 Å². The quantitative estimate of drug-likeness (QED) is 0.763. The number of hydrogen-bond donors (Lipinski definition) is 2. The van der Waals surface area contributed by atoms with Crippen LogP contribution in [0.4, 0.5) is 4.79 Å². The predicted molar refractivity (Wildman–Crippen MR) is 90.3 cm³/mol. The van der Waals surface area contributed by atoms with Crippen LogP contribution in [0.25, 0.3) is 0 Å². The third-order valence-corrected chi connectivity index (χ3v) is 6.25. The van der Waals surface area contributed by atoms with Gasteiger partial charge in [0, 0.05) is 0 Å². The summed E-state index contributed by atoms with van der Waals surface area (Å²) in [7, 11) is -2.26. The number of sulfonamides is 1. The van der Waals surface area contributed by atoms with Crippen LogP contribution in [0.3, 0.4) is 0 Å². The molecule has 1 fully saturated rings. The molecule has 1 aromatic rings. The number of methoxy groups -OCH3 is 1. The van der Waals surface area contributed by atoms with Crippen molar-refractivity contribution in [2.24, 2.45) is 0 Å². The van der Waals surface area contributed by atoms with Crippen molar-refractivity contribution in [2.75, 3.05) is 7.11 Å². The molecule has 0 bridgehead atoms. The molecule has 1 aromatic carbocycles. The van der Waals surface area contributed by atoms with Gasteiger partial charge < -0.3 is 9.84 Å². The maximum Gasteiger partial charge on any atom is 0.423 e. The standard InChI is InChI=1S/C16H24N2O5S/c1-15(2,3)18(14(19)20)17-24(21,22)16(9-10-16)11-12-5-7-13(23-4)8-6-12/h5-8,17H,9-11H2,1-4H3,(H,19,20). The number of carboxylic acid groups (broad SMARTS) is 1. The van der Waals surface area contributed by atoms with Crippen LogP contribution < -0.4 is 9.57 Å². The summed E-state index contributed by atoms with van der Waals surface area (Å²) in [6.45, 7) is 4.89. The fraction of sp³-hybridized carbons (Fsp3) is 0.562. The van der Waals surface area contributed by atoms with Crippen LogP contribution in [0.15, 0.2) is 24.3 Å². The van der Waals surface area contributed by atoms with E-state index in [1.165, 1.54) is 0 Å². The molecular formula is C16H24N2O5S. The second-order valence-corrected chi connectivity index (χ2v) is 9.15. The van der Waals surface area contributed by atoms with Crippen molar-refractivity contribution in [3.8, 4) is 5.75 Å². The van der Waals surface area contributed by atoms with E-state index < -0.39 is 26.4 Å². The van der Waals surface area contributed by atoms with Gasteiger partial charge in [0.15, 0.2) is 0 Å². The van der Waals surface area contributed by atoms with Crippen molar-refractivity contribution < 1.29 is 23.1 Å². The van der Waals surface area contributed by atoms with Gasteiger partial charge in [-0.3, -0.25) is 0 Å². The second kappa shape index (κ2) is 6.25. The first kappa shape index (κ1) is 18.5. The number of carbonyl (C=O) groups is 1. The van der Waals surface area contributed by atoms with Gasteiger partial charge in [0.1, 0.15) is 5.75 Å². The van der Waals surface area contributed by atoms with Crippen LogP contribution in [0.5, 0.6) is 5.75 Å². The lowest BCUT2D eigenvalue weighted by Gasteiger charge is -2.34. The molecule has 0 atom stereocenters. The molecule has 0 aromatic heterocycles. The fourth-order valence-corrected chi connectivity index (χ4v) is 4.26. The van der Waals surface area contributed by atoms with Crippen molar-refractivity contribution in [3.63, 3.8) is 0 Å². The first-order chi connectivity index (χ1) is 11.0. The average molecular weight is 356 g/mol. The molecule has 7 nitrogen and oxygen atoms in total. The minimum atomic E-state index is -3.83. The van der Waals surface area contributed by atoms with E-state index in [1.807, 2.05) is 12.1 Å². The Balaban J connectivity index is 2.19. The molecule has 134 valence electrons. The summed E-state index contributed by atoms with van der Waals surface area (Å²) in [6.07, 6.45) is 0.0216. The van der Waals surface area contributed by atoms with Crippen molar-refractivity contribution in [3.05, 3.63) is 29.8 Å². The van der Waals surface area contributed by atoms with E-state index in [0.717, 1.165) is 10.6 Å². The summed E-state index contributed by atoms with van der Waals surface area (Å²) >= 11 is 0. The summed E-state index contributed by atoms with van der Waals surface area (Å²) in [5.74, 6) is 0.703. The molecule has 1 aliphatic carbocycles. The topological polar surface area (TPSA) is 95.9 Å². The Morgan fingerprint density at radius 1 is 1.29 bits per heavy atom. The summed E-state index contributed by atoms with van der Waals surface area (Å²) in [5, 5.41) is 10.0. The third kappa shape index (κ3) is 3.81. The van der Waals surface area contributed by atoms with Gasteiger partial charge in [-0.2, -0.15) is 0 Å². The number of hydrazine groups is 1. The van der Waals surface area contributed by atoms with Gasteiger partial charge in [0.2, 0.25) is 10.0 Å². The van der Waals surface area contributed by atoms with Crippen molar-refractivity contribution >= 4 is 16.1 Å². The lowest BCUT2D eigenvalue weighted by Crippen LogP contribution is -2.57. The van der Waals surface area contributed by atoms with Crippen molar-refractivity contribution in [1.29, 1.82) is 0 Å². The normalized spacial score (nSPS) is 16.5. The Morgan fingerprint density at radius 3 is 2.21 bits per heavy atom. The number of amides is 1. The second-order valence-electron chi connectivity index (χ2n) is 7.09. The minimum absolute atomic E-state index is 0.337. The first-order valence-electron chi connectivity index (χ1n) is 7.69. The molecule has 24 heavy (non-hydrogen) atoms. The SMILES string of the molecule is COc1ccc(CC2(S(=O)(=O)NN(C(=O)O)C(C)(C)C)CC2)cc1. The molecular weight excluding hydrogens is 332 g/mol. The molecule has 8 heteroatoms.